The second-order valence-electron chi connectivity index (χ2n) is 9.32. The molecule has 0 aliphatic carbocycles. The first kappa shape index (κ1) is 21.9. The van der Waals surface area contributed by atoms with Crippen molar-refractivity contribution in [1.82, 2.24) is 19.3 Å². The number of rotatable bonds is 7. The number of aliphatic hydroxyl groups is 1. The average Bonchev–Trinajstić information content (AvgIpc) is 3.45. The molecule has 8 heteroatoms. The lowest BCUT2D eigenvalue weighted by Gasteiger charge is -2.40. The van der Waals surface area contributed by atoms with E-state index in [0.717, 1.165) is 47.8 Å². The molecule has 0 radical (unpaired) electrons. The van der Waals surface area contributed by atoms with Gasteiger partial charge in [0.05, 0.1) is 18.3 Å². The summed E-state index contributed by atoms with van der Waals surface area (Å²) in [6, 6.07) is 12.6. The second kappa shape index (κ2) is 8.87. The lowest BCUT2D eigenvalue weighted by atomic mass is 9.99. The molecule has 1 unspecified atom stereocenters. The van der Waals surface area contributed by atoms with Gasteiger partial charge < -0.3 is 24.3 Å². The minimum Gasteiger partial charge on any atom is -0.493 e. The molecule has 6 rings (SSSR count). The number of ether oxygens (including phenoxy) is 2. The molecule has 2 fully saturated rings. The number of pyridine rings is 1. The second-order valence-corrected chi connectivity index (χ2v) is 9.32. The van der Waals surface area contributed by atoms with Gasteiger partial charge in [0, 0.05) is 41.4 Å². The Labute approximate surface area is 203 Å². The zero-order valence-electron chi connectivity index (χ0n) is 19.7. The standard InChI is InChI=1S/C27H29N5O3/c1-3-26(33)32-19-8-9-20(32)12-21(11-19)35-25-13-22-23(14-24(25)34-2)28-16-29-27(22)30-17-6-7-18-5-4-10-31(18)15-17/h3-7,10,13-16,19-21,26,33H,1,8-9,11-12H2,2H3,(H,28,29,30)/t19-,20+,21-,26?. The maximum atomic E-state index is 10.4. The Bertz CT molecular complexity index is 1370. The van der Waals surface area contributed by atoms with Gasteiger partial charge >= 0.3 is 0 Å². The number of nitrogens with one attached hydrogen (secondary N) is 1. The van der Waals surface area contributed by atoms with Crippen LogP contribution in [0, 0.1) is 0 Å². The van der Waals surface area contributed by atoms with E-state index < -0.39 is 6.23 Å². The number of methoxy groups -OCH3 is 1. The quantitative estimate of drug-likeness (QED) is 0.384. The largest absolute Gasteiger partial charge is 0.493 e. The van der Waals surface area contributed by atoms with Gasteiger partial charge in [0.25, 0.3) is 0 Å². The van der Waals surface area contributed by atoms with E-state index in [4.69, 9.17) is 9.47 Å². The van der Waals surface area contributed by atoms with E-state index in [2.05, 4.69) is 43.3 Å². The number of aliphatic hydroxyl groups excluding tert-OH is 1. The molecule has 3 aromatic heterocycles. The highest BCUT2D eigenvalue weighted by atomic mass is 16.5. The molecule has 2 aliphatic heterocycles. The van der Waals surface area contributed by atoms with Gasteiger partial charge in [-0.15, -0.1) is 0 Å². The Kier molecular flexibility index (Phi) is 5.54. The number of hydrogen-bond acceptors (Lipinski definition) is 7. The third-order valence-corrected chi connectivity index (χ3v) is 7.26. The van der Waals surface area contributed by atoms with E-state index >= 15 is 0 Å². The minimum absolute atomic E-state index is 0.0457. The summed E-state index contributed by atoms with van der Waals surface area (Å²) in [6.07, 6.45) is 10.5. The Balaban J connectivity index is 1.29. The van der Waals surface area contributed by atoms with Crippen LogP contribution in [0.2, 0.25) is 0 Å². The summed E-state index contributed by atoms with van der Waals surface area (Å²) in [6.45, 7) is 3.76. The Morgan fingerprint density at radius 2 is 1.97 bits per heavy atom. The molecule has 0 saturated carbocycles. The molecule has 2 N–H and O–H groups in total. The summed E-state index contributed by atoms with van der Waals surface area (Å²) in [7, 11) is 1.65. The predicted octanol–water partition coefficient (Wildman–Crippen LogP) is 4.51. The molecular formula is C27H29N5O3. The number of nitrogens with zero attached hydrogens (tertiary/aromatic N) is 4. The number of anilines is 2. The third-order valence-electron chi connectivity index (χ3n) is 7.26. The molecule has 0 amide bonds. The molecule has 35 heavy (non-hydrogen) atoms. The number of hydrogen-bond donors (Lipinski definition) is 2. The monoisotopic (exact) mass is 471 g/mol. The van der Waals surface area contributed by atoms with Crippen LogP contribution in [-0.4, -0.2) is 55.9 Å². The summed E-state index contributed by atoms with van der Waals surface area (Å²) in [4.78, 5) is 11.2. The number of piperidine rings is 1. The summed E-state index contributed by atoms with van der Waals surface area (Å²) >= 11 is 0. The first-order valence-electron chi connectivity index (χ1n) is 12.0. The smallest absolute Gasteiger partial charge is 0.162 e. The average molecular weight is 472 g/mol. The summed E-state index contributed by atoms with van der Waals surface area (Å²) in [5.74, 6) is 2.04. The minimum atomic E-state index is -0.597. The van der Waals surface area contributed by atoms with Crippen LogP contribution in [0.15, 0.2) is 67.8 Å². The topological polar surface area (TPSA) is 84.2 Å². The van der Waals surface area contributed by atoms with Crippen molar-refractivity contribution in [3.8, 4) is 11.5 Å². The van der Waals surface area contributed by atoms with E-state index in [1.165, 1.54) is 0 Å². The highest BCUT2D eigenvalue weighted by Gasteiger charge is 2.43. The van der Waals surface area contributed by atoms with Crippen molar-refractivity contribution >= 4 is 27.9 Å². The number of fused-ring (bicyclic) bond motifs is 4. The molecule has 2 bridgehead atoms. The maximum absolute atomic E-state index is 10.4. The predicted molar refractivity (Wildman–Crippen MR) is 135 cm³/mol. The van der Waals surface area contributed by atoms with Crippen LogP contribution in [0.4, 0.5) is 11.5 Å². The Morgan fingerprint density at radius 1 is 1.14 bits per heavy atom. The zero-order valence-corrected chi connectivity index (χ0v) is 19.7. The van der Waals surface area contributed by atoms with Crippen LogP contribution < -0.4 is 14.8 Å². The number of aromatic nitrogens is 3. The lowest BCUT2D eigenvalue weighted by molar-refractivity contribution is -0.0431. The van der Waals surface area contributed by atoms with Gasteiger partial charge in [-0.3, -0.25) is 4.90 Å². The van der Waals surface area contributed by atoms with Crippen LogP contribution in [0.25, 0.3) is 16.4 Å². The van der Waals surface area contributed by atoms with Gasteiger partial charge in [0.2, 0.25) is 0 Å². The van der Waals surface area contributed by atoms with Crippen molar-refractivity contribution < 1.29 is 14.6 Å². The summed E-state index contributed by atoms with van der Waals surface area (Å²) < 4.78 is 14.3. The molecule has 4 atom stereocenters. The van der Waals surface area contributed by atoms with Crippen LogP contribution in [0.3, 0.4) is 0 Å². The molecule has 2 aliphatic rings. The first-order valence-corrected chi connectivity index (χ1v) is 12.0. The normalized spacial score (nSPS) is 22.9. The molecular weight excluding hydrogens is 442 g/mol. The highest BCUT2D eigenvalue weighted by Crippen LogP contribution is 2.41. The fraction of sp³-hybridized carbons (Fsp3) is 0.333. The van der Waals surface area contributed by atoms with Gasteiger partial charge in [-0.2, -0.15) is 0 Å². The van der Waals surface area contributed by atoms with Crippen LogP contribution in [0.1, 0.15) is 25.7 Å². The van der Waals surface area contributed by atoms with Gasteiger partial charge in [-0.25, -0.2) is 9.97 Å². The maximum Gasteiger partial charge on any atom is 0.162 e. The fourth-order valence-electron chi connectivity index (χ4n) is 5.65. The van der Waals surface area contributed by atoms with Crippen molar-refractivity contribution in [1.29, 1.82) is 0 Å². The molecule has 180 valence electrons. The molecule has 8 nitrogen and oxygen atoms in total. The molecule has 0 spiro atoms. The molecule has 5 heterocycles. The van der Waals surface area contributed by atoms with E-state index in [0.29, 0.717) is 29.4 Å². The van der Waals surface area contributed by atoms with Crippen molar-refractivity contribution in [2.75, 3.05) is 12.4 Å². The van der Waals surface area contributed by atoms with E-state index in [-0.39, 0.29) is 6.10 Å². The van der Waals surface area contributed by atoms with Gasteiger partial charge in [-0.05, 0) is 62.1 Å². The lowest BCUT2D eigenvalue weighted by Crippen LogP contribution is -2.50. The van der Waals surface area contributed by atoms with Gasteiger partial charge in [-0.1, -0.05) is 6.58 Å². The summed E-state index contributed by atoms with van der Waals surface area (Å²) in [5.41, 5.74) is 2.83. The fourth-order valence-corrected chi connectivity index (χ4v) is 5.65. The van der Waals surface area contributed by atoms with E-state index in [1.807, 2.05) is 36.7 Å². The molecule has 2 saturated heterocycles. The SMILES string of the molecule is C=CC(O)N1[C@@H]2CC[C@H]1C[C@H](Oc1cc3c(Nc4ccc5cccn5c4)ncnc3cc1OC)C2. The number of benzene rings is 1. The van der Waals surface area contributed by atoms with Crippen molar-refractivity contribution in [2.45, 2.75) is 50.1 Å². The van der Waals surface area contributed by atoms with E-state index in [9.17, 15) is 5.11 Å². The highest BCUT2D eigenvalue weighted by molar-refractivity contribution is 5.93. The Hall–Kier alpha value is -3.62. The zero-order chi connectivity index (χ0) is 23.9. The van der Waals surface area contributed by atoms with Crippen LogP contribution in [-0.2, 0) is 0 Å². The van der Waals surface area contributed by atoms with Crippen molar-refractivity contribution in [3.05, 3.63) is 67.8 Å². The summed E-state index contributed by atoms with van der Waals surface area (Å²) in [5, 5.41) is 14.7. The van der Waals surface area contributed by atoms with Gasteiger partial charge in [0.15, 0.2) is 11.5 Å². The molecule has 1 aromatic carbocycles. The van der Waals surface area contributed by atoms with Crippen molar-refractivity contribution in [2.24, 2.45) is 0 Å². The Morgan fingerprint density at radius 3 is 2.74 bits per heavy atom. The van der Waals surface area contributed by atoms with Crippen LogP contribution in [0.5, 0.6) is 11.5 Å². The molecule has 4 aromatic rings. The van der Waals surface area contributed by atoms with Crippen LogP contribution >= 0.6 is 0 Å². The first-order chi connectivity index (χ1) is 17.1. The third kappa shape index (κ3) is 3.98. The van der Waals surface area contributed by atoms with Crippen molar-refractivity contribution in [3.63, 3.8) is 0 Å². The van der Waals surface area contributed by atoms with E-state index in [1.54, 1.807) is 19.5 Å². The van der Waals surface area contributed by atoms with Gasteiger partial charge in [0.1, 0.15) is 24.5 Å².